The summed E-state index contributed by atoms with van der Waals surface area (Å²) in [6.07, 6.45) is 6.60. The second kappa shape index (κ2) is 7.77. The molecule has 0 saturated carbocycles. The Morgan fingerprint density at radius 1 is 1.16 bits per heavy atom. The first-order chi connectivity index (χ1) is 15.0. The van der Waals surface area contributed by atoms with Gasteiger partial charge in [0, 0.05) is 23.2 Å². The summed E-state index contributed by atoms with van der Waals surface area (Å²) in [7, 11) is 0. The molecule has 7 nitrogen and oxygen atoms in total. The number of carbonyl (C=O) groups excluding carboxylic acids is 1. The predicted octanol–water partition coefficient (Wildman–Crippen LogP) is 3.42. The van der Waals surface area contributed by atoms with Gasteiger partial charge in [0.25, 0.3) is 5.78 Å². The van der Waals surface area contributed by atoms with Crippen LogP contribution in [0.1, 0.15) is 57.9 Å². The molecule has 3 aromatic heterocycles. The van der Waals surface area contributed by atoms with Crippen molar-refractivity contribution in [1.29, 1.82) is 0 Å². The zero-order chi connectivity index (χ0) is 21.5. The van der Waals surface area contributed by atoms with Gasteiger partial charge in [-0.3, -0.25) is 4.79 Å². The summed E-state index contributed by atoms with van der Waals surface area (Å²) in [5.74, 6) is -1.29. The van der Waals surface area contributed by atoms with Gasteiger partial charge >= 0.3 is 5.69 Å². The largest absolute Gasteiger partial charge is 0.539 e. The number of nitrogens with zero attached hydrogens (tertiary/aromatic N) is 3. The second-order valence-electron chi connectivity index (χ2n) is 7.99. The third-order valence-electron chi connectivity index (χ3n) is 5.81. The highest BCUT2D eigenvalue weighted by Crippen LogP contribution is 2.36. The normalized spacial score (nSPS) is 14.2. The van der Waals surface area contributed by atoms with Crippen LogP contribution in [0.4, 0.5) is 5.69 Å². The van der Waals surface area contributed by atoms with E-state index in [9.17, 15) is 9.90 Å². The van der Waals surface area contributed by atoms with Crippen molar-refractivity contribution in [2.75, 3.05) is 5.73 Å². The minimum Gasteiger partial charge on any atom is -0.539 e. The van der Waals surface area contributed by atoms with Gasteiger partial charge < -0.3 is 15.4 Å². The first kappa shape index (κ1) is 19.7. The quantitative estimate of drug-likeness (QED) is 0.391. The summed E-state index contributed by atoms with van der Waals surface area (Å²) < 4.78 is 6.07. The molecule has 0 radical (unpaired) electrons. The molecule has 1 aliphatic rings. The highest BCUT2D eigenvalue weighted by Gasteiger charge is 2.32. The van der Waals surface area contributed by atoms with Crippen LogP contribution in [-0.4, -0.2) is 16.0 Å². The molecule has 31 heavy (non-hydrogen) atoms. The lowest BCUT2D eigenvalue weighted by molar-refractivity contribution is -0.672. The number of aromatic nitrogens is 3. The minimum absolute atomic E-state index is 0.166. The van der Waals surface area contributed by atoms with Crippen LogP contribution in [-0.2, 0) is 12.8 Å². The van der Waals surface area contributed by atoms with E-state index >= 15 is 0 Å². The van der Waals surface area contributed by atoms with Gasteiger partial charge in [0.2, 0.25) is 5.69 Å². The fourth-order valence-electron chi connectivity index (χ4n) is 4.09. The van der Waals surface area contributed by atoms with E-state index < -0.39 is 11.7 Å². The van der Waals surface area contributed by atoms with Gasteiger partial charge in [0.05, 0.1) is 11.0 Å². The highest BCUT2D eigenvalue weighted by atomic mass is 32.1. The molecule has 8 heteroatoms. The van der Waals surface area contributed by atoms with Crippen molar-refractivity contribution < 1.29 is 19.1 Å². The number of fused-ring (bicyclic) bond motifs is 2. The molecule has 1 aliphatic carbocycles. The predicted molar refractivity (Wildman–Crippen MR) is 116 cm³/mol. The fraction of sp³-hybridized carbons (Fsp3) is 0.304. The van der Waals surface area contributed by atoms with Crippen molar-refractivity contribution in [2.24, 2.45) is 0 Å². The van der Waals surface area contributed by atoms with E-state index in [0.717, 1.165) is 47.2 Å². The van der Waals surface area contributed by atoms with Gasteiger partial charge in [-0.1, -0.05) is 30.5 Å². The number of thiophene rings is 1. The zero-order valence-electron chi connectivity index (χ0n) is 17.2. The SMILES string of the molecule is Cc1ccc(-[n+]2noc([O-])c2C(=O)c2sc3nc4c(cc3c2N)CCCCCC4)cc1. The molecule has 0 bridgehead atoms. The maximum atomic E-state index is 13.4. The van der Waals surface area contributed by atoms with Crippen LogP contribution in [0.2, 0.25) is 0 Å². The lowest BCUT2D eigenvalue weighted by Gasteiger charge is -2.12. The van der Waals surface area contributed by atoms with E-state index in [0.29, 0.717) is 16.3 Å². The topological polar surface area (TPSA) is 109 Å². The average molecular weight is 435 g/mol. The lowest BCUT2D eigenvalue weighted by atomic mass is 9.96. The molecule has 0 spiro atoms. The number of rotatable bonds is 3. The van der Waals surface area contributed by atoms with Gasteiger partial charge in [0.1, 0.15) is 9.71 Å². The lowest BCUT2D eigenvalue weighted by Crippen LogP contribution is -2.39. The second-order valence-corrected chi connectivity index (χ2v) is 8.99. The van der Waals surface area contributed by atoms with E-state index in [1.54, 1.807) is 12.1 Å². The van der Waals surface area contributed by atoms with E-state index in [-0.39, 0.29) is 5.69 Å². The molecular formula is C23H22N4O3S. The Kier molecular flexibility index (Phi) is 4.94. The van der Waals surface area contributed by atoms with Crippen LogP contribution in [0.3, 0.4) is 0 Å². The number of hydrogen-bond acceptors (Lipinski definition) is 7. The van der Waals surface area contributed by atoms with E-state index in [2.05, 4.69) is 11.3 Å². The van der Waals surface area contributed by atoms with Crippen molar-refractivity contribution in [3.8, 4) is 11.6 Å². The van der Waals surface area contributed by atoms with E-state index in [4.69, 9.17) is 15.2 Å². The summed E-state index contributed by atoms with van der Waals surface area (Å²) in [5.41, 5.74) is 10.5. The first-order valence-corrected chi connectivity index (χ1v) is 11.3. The minimum atomic E-state index is -0.789. The Hall–Kier alpha value is -3.26. The molecule has 1 aromatic carbocycles. The summed E-state index contributed by atoms with van der Waals surface area (Å²) >= 11 is 1.22. The monoisotopic (exact) mass is 434 g/mol. The number of benzene rings is 1. The van der Waals surface area contributed by atoms with Gasteiger partial charge in [-0.25, -0.2) is 4.98 Å². The Morgan fingerprint density at radius 3 is 2.68 bits per heavy atom. The van der Waals surface area contributed by atoms with Crippen LogP contribution in [0.25, 0.3) is 15.9 Å². The molecule has 0 amide bonds. The van der Waals surface area contributed by atoms with Gasteiger partial charge in [-0.15, -0.1) is 11.3 Å². The number of anilines is 1. The molecular weight excluding hydrogens is 412 g/mol. The molecule has 158 valence electrons. The Bertz CT molecular complexity index is 1290. The number of pyridine rings is 1. The third-order valence-corrected chi connectivity index (χ3v) is 6.92. The molecule has 0 aliphatic heterocycles. The van der Waals surface area contributed by atoms with E-state index in [1.165, 1.54) is 34.4 Å². The summed E-state index contributed by atoms with van der Waals surface area (Å²) in [6.45, 7) is 1.96. The van der Waals surface area contributed by atoms with Crippen LogP contribution in [0.15, 0.2) is 34.9 Å². The molecule has 4 aromatic rings. The number of carbonyl (C=O) groups is 1. The van der Waals surface area contributed by atoms with Crippen molar-refractivity contribution in [3.63, 3.8) is 0 Å². The zero-order valence-corrected chi connectivity index (χ0v) is 18.0. The highest BCUT2D eigenvalue weighted by molar-refractivity contribution is 7.21. The van der Waals surface area contributed by atoms with Crippen molar-refractivity contribution >= 4 is 33.0 Å². The maximum absolute atomic E-state index is 13.4. The Labute approximate surface area is 183 Å². The standard InChI is InChI=1S/C23H22N4O3S/c1-13-8-10-15(11-9-13)27-19(23(29)30-26-27)20(28)21-18(24)16-12-14-6-4-2-3-5-7-17(14)25-22(16)31-21/h8-12H,2-7H2,1H3,(H2-,24,26,28,29). The van der Waals surface area contributed by atoms with Gasteiger partial charge in [-0.2, -0.15) is 0 Å². The molecule has 5 rings (SSSR count). The smallest absolute Gasteiger partial charge is 0.312 e. The number of nitrogens with two attached hydrogens (primary N) is 1. The number of hydrogen-bond donors (Lipinski definition) is 1. The van der Waals surface area contributed by atoms with E-state index in [1.807, 2.05) is 19.1 Å². The fourth-order valence-corrected chi connectivity index (χ4v) is 5.13. The maximum Gasteiger partial charge on any atom is 0.312 e. The Morgan fingerprint density at radius 2 is 1.90 bits per heavy atom. The first-order valence-electron chi connectivity index (χ1n) is 10.4. The van der Waals surface area contributed by atoms with Crippen molar-refractivity contribution in [3.05, 3.63) is 57.7 Å². The molecule has 0 saturated heterocycles. The summed E-state index contributed by atoms with van der Waals surface area (Å²) in [4.78, 5) is 19.3. The van der Waals surface area contributed by atoms with Crippen LogP contribution in [0, 0.1) is 6.92 Å². The molecule has 0 unspecified atom stereocenters. The molecule has 0 fully saturated rings. The van der Waals surface area contributed by atoms with Gasteiger partial charge in [0.15, 0.2) is 5.95 Å². The summed E-state index contributed by atoms with van der Waals surface area (Å²) in [6, 6.07) is 9.39. The Balaban J connectivity index is 1.60. The third kappa shape index (κ3) is 3.46. The van der Waals surface area contributed by atoms with Gasteiger partial charge in [-0.05, 0) is 48.9 Å². The average Bonchev–Trinajstić information content (AvgIpc) is 3.28. The molecule has 3 heterocycles. The number of ketones is 1. The summed E-state index contributed by atoms with van der Waals surface area (Å²) in [5, 5.41) is 16.9. The number of nitrogen functional groups attached to an aromatic ring is 1. The van der Waals surface area contributed by atoms with Crippen LogP contribution < -0.4 is 15.5 Å². The molecule has 0 atom stereocenters. The van der Waals surface area contributed by atoms with Crippen LogP contribution >= 0.6 is 11.3 Å². The van der Waals surface area contributed by atoms with Crippen molar-refractivity contribution in [1.82, 2.24) is 10.3 Å². The molecule has 2 N–H and O–H groups in total. The van der Waals surface area contributed by atoms with Crippen molar-refractivity contribution in [2.45, 2.75) is 45.4 Å². The number of aryl methyl sites for hydroxylation is 3. The van der Waals surface area contributed by atoms with Crippen LogP contribution in [0.5, 0.6) is 5.95 Å².